The number of hydrogen-bond acceptors (Lipinski definition) is 8. The Morgan fingerprint density at radius 3 is 2.91 bits per heavy atom. The van der Waals surface area contributed by atoms with Crippen molar-refractivity contribution in [3.63, 3.8) is 0 Å². The van der Waals surface area contributed by atoms with E-state index in [4.69, 9.17) is 31.5 Å². The monoisotopic (exact) mass is 495 g/mol. The molecule has 10 nitrogen and oxygen atoms in total. The summed E-state index contributed by atoms with van der Waals surface area (Å²) in [6.07, 6.45) is 8.74. The molecule has 1 aliphatic heterocycles. The van der Waals surface area contributed by atoms with E-state index in [0.717, 1.165) is 6.42 Å². The van der Waals surface area contributed by atoms with Gasteiger partial charge in [0.05, 0.1) is 23.0 Å². The van der Waals surface area contributed by atoms with Crippen LogP contribution in [0.1, 0.15) is 37.9 Å². The van der Waals surface area contributed by atoms with Crippen LogP contribution in [0.4, 0.5) is 0 Å². The largest absolute Gasteiger partial charge is 0.450 e. The lowest BCUT2D eigenvalue weighted by Crippen LogP contribution is -2.34. The number of aromatic nitrogens is 5. The van der Waals surface area contributed by atoms with Crippen LogP contribution < -0.4 is 11.4 Å². The zero-order chi connectivity index (χ0) is 24.7. The van der Waals surface area contributed by atoms with E-state index in [1.54, 1.807) is 48.0 Å². The minimum atomic E-state index is -0.371. The number of rotatable bonds is 5. The number of ether oxygens (including phenoxy) is 1. The van der Waals surface area contributed by atoms with Crippen molar-refractivity contribution in [2.45, 2.75) is 38.3 Å². The number of nitrogens with zero attached hydrogens (tertiary/aromatic N) is 6. The first kappa shape index (κ1) is 23.3. The number of aliphatic imine (C=N–C) groups is 1. The van der Waals surface area contributed by atoms with Gasteiger partial charge in [-0.2, -0.15) is 10.1 Å². The molecule has 2 atom stereocenters. The molecular weight excluding hydrogens is 470 g/mol. The maximum absolute atomic E-state index is 13.6. The molecule has 4 aromatic rings. The lowest BCUT2D eigenvalue weighted by Gasteiger charge is -2.30. The first-order chi connectivity index (χ1) is 16.9. The molecular formula is C24H26ClN7O3. The minimum absolute atomic E-state index is 0.0670. The highest BCUT2D eigenvalue weighted by Crippen LogP contribution is 2.38. The molecule has 182 valence electrons. The third-order valence-corrected chi connectivity index (χ3v) is 6.61. The van der Waals surface area contributed by atoms with Crippen LogP contribution in [0, 0.1) is 0 Å². The van der Waals surface area contributed by atoms with E-state index in [1.807, 2.05) is 0 Å². The van der Waals surface area contributed by atoms with Gasteiger partial charge in [-0.3, -0.25) is 14.2 Å². The van der Waals surface area contributed by atoms with Crippen molar-refractivity contribution in [2.24, 2.45) is 17.8 Å². The molecule has 1 saturated heterocycles. The van der Waals surface area contributed by atoms with Gasteiger partial charge in [-0.15, -0.1) is 0 Å². The Kier molecular flexibility index (Phi) is 6.16. The van der Waals surface area contributed by atoms with E-state index in [-0.39, 0.29) is 17.8 Å². The lowest BCUT2D eigenvalue weighted by atomic mass is 10.0. The standard InChI is InChI=1S/C24H26ClN7O3/c1-4-16-7-15(5-6-34-16)32-22-21-18(8-17(25)19(29-21)13(9-26)10-27-2)35-23(22)20(30-24(32)33)14-11-28-31(3)12-14/h8-12,15-16H,4-7,26H2,1-3H3/t15-,16-/m0/s1. The zero-order valence-electron chi connectivity index (χ0n) is 19.7. The summed E-state index contributed by atoms with van der Waals surface area (Å²) in [6.45, 7) is 2.64. The Morgan fingerprint density at radius 1 is 1.40 bits per heavy atom. The summed E-state index contributed by atoms with van der Waals surface area (Å²) in [5, 5.41) is 4.59. The molecule has 0 saturated carbocycles. The maximum atomic E-state index is 13.6. The summed E-state index contributed by atoms with van der Waals surface area (Å²) in [5.74, 6) is 0. The Bertz CT molecular complexity index is 1530. The molecule has 2 N–H and O–H groups in total. The fourth-order valence-corrected chi connectivity index (χ4v) is 4.90. The summed E-state index contributed by atoms with van der Waals surface area (Å²) >= 11 is 6.56. The van der Waals surface area contributed by atoms with Gasteiger partial charge in [0, 0.05) is 62.6 Å². The molecule has 0 amide bonds. The third-order valence-electron chi connectivity index (χ3n) is 6.32. The smallest absolute Gasteiger partial charge is 0.349 e. The number of pyridine rings is 1. The molecule has 0 unspecified atom stereocenters. The lowest BCUT2D eigenvalue weighted by molar-refractivity contribution is -0.00710. The maximum Gasteiger partial charge on any atom is 0.349 e. The van der Waals surface area contributed by atoms with Gasteiger partial charge < -0.3 is 14.9 Å². The molecule has 0 aliphatic carbocycles. The second kappa shape index (κ2) is 9.27. The number of allylic oxidation sites excluding steroid dienone is 1. The fourth-order valence-electron chi connectivity index (χ4n) is 4.65. The van der Waals surface area contributed by atoms with Crippen LogP contribution in [0.3, 0.4) is 0 Å². The normalized spacial score (nSPS) is 19.4. The Balaban J connectivity index is 1.86. The van der Waals surface area contributed by atoms with E-state index < -0.39 is 0 Å². The zero-order valence-corrected chi connectivity index (χ0v) is 20.5. The molecule has 0 aromatic carbocycles. The summed E-state index contributed by atoms with van der Waals surface area (Å²) in [4.78, 5) is 26.9. The van der Waals surface area contributed by atoms with Crippen LogP contribution in [-0.4, -0.2) is 50.3 Å². The molecule has 35 heavy (non-hydrogen) atoms. The van der Waals surface area contributed by atoms with Crippen LogP contribution in [0.2, 0.25) is 5.02 Å². The van der Waals surface area contributed by atoms with Crippen LogP contribution in [0.25, 0.3) is 39.0 Å². The van der Waals surface area contributed by atoms with Crippen molar-refractivity contribution >= 4 is 45.6 Å². The highest BCUT2D eigenvalue weighted by atomic mass is 35.5. The van der Waals surface area contributed by atoms with Crippen molar-refractivity contribution in [3.05, 3.63) is 45.9 Å². The molecule has 5 rings (SSSR count). The molecule has 1 aliphatic rings. The van der Waals surface area contributed by atoms with Crippen molar-refractivity contribution in [3.8, 4) is 11.3 Å². The van der Waals surface area contributed by atoms with E-state index in [0.29, 0.717) is 69.2 Å². The predicted octanol–water partition coefficient (Wildman–Crippen LogP) is 3.72. The number of fused-ring (bicyclic) bond motifs is 3. The van der Waals surface area contributed by atoms with Gasteiger partial charge in [0.25, 0.3) is 0 Å². The SMILES string of the molecule is CC[C@H]1C[C@@H](n2c(=O)nc(-c3cnn(C)c3)c3oc4cc(Cl)c(C(C=NC)=CN)nc4c32)CCO1. The van der Waals surface area contributed by atoms with Crippen LogP contribution >= 0.6 is 11.6 Å². The fraction of sp³-hybridized carbons (Fsp3) is 0.375. The van der Waals surface area contributed by atoms with E-state index in [1.165, 1.54) is 6.20 Å². The number of aryl methyl sites for hydroxylation is 1. The third kappa shape index (κ3) is 4.02. The second-order valence-corrected chi connectivity index (χ2v) is 8.96. The highest BCUT2D eigenvalue weighted by Gasteiger charge is 2.29. The Hall–Kier alpha value is -3.50. The molecule has 5 heterocycles. The van der Waals surface area contributed by atoms with Gasteiger partial charge in [0.1, 0.15) is 16.7 Å². The first-order valence-electron chi connectivity index (χ1n) is 11.5. The van der Waals surface area contributed by atoms with Gasteiger partial charge in [0.2, 0.25) is 0 Å². The topological polar surface area (TPSA) is 126 Å². The van der Waals surface area contributed by atoms with E-state index >= 15 is 0 Å². The van der Waals surface area contributed by atoms with E-state index in [2.05, 4.69) is 22.0 Å². The second-order valence-electron chi connectivity index (χ2n) is 8.55. The van der Waals surface area contributed by atoms with Gasteiger partial charge in [0.15, 0.2) is 11.2 Å². The van der Waals surface area contributed by atoms with Crippen LogP contribution in [-0.2, 0) is 11.8 Å². The van der Waals surface area contributed by atoms with Gasteiger partial charge in [-0.1, -0.05) is 18.5 Å². The average Bonchev–Trinajstić information content (AvgIpc) is 3.45. The summed E-state index contributed by atoms with van der Waals surface area (Å²) < 4.78 is 15.5. The summed E-state index contributed by atoms with van der Waals surface area (Å²) in [6, 6.07) is 1.58. The molecule has 4 aromatic heterocycles. The molecule has 0 spiro atoms. The summed E-state index contributed by atoms with van der Waals surface area (Å²) in [5.41, 5.74) is 9.53. The molecule has 0 bridgehead atoms. The first-order valence-corrected chi connectivity index (χ1v) is 11.8. The Morgan fingerprint density at radius 2 is 2.23 bits per heavy atom. The average molecular weight is 496 g/mol. The number of furan rings is 1. The van der Waals surface area contributed by atoms with Crippen molar-refractivity contribution in [2.75, 3.05) is 13.7 Å². The minimum Gasteiger partial charge on any atom is -0.450 e. The van der Waals surface area contributed by atoms with Crippen molar-refractivity contribution in [1.82, 2.24) is 24.3 Å². The summed E-state index contributed by atoms with van der Waals surface area (Å²) in [7, 11) is 3.44. The molecule has 11 heteroatoms. The number of hydrogen-bond donors (Lipinski definition) is 1. The van der Waals surface area contributed by atoms with Gasteiger partial charge in [-0.25, -0.2) is 9.78 Å². The quantitative estimate of drug-likeness (QED) is 0.418. The number of halogens is 1. The Labute approximate surface area is 206 Å². The highest BCUT2D eigenvalue weighted by molar-refractivity contribution is 6.34. The van der Waals surface area contributed by atoms with Crippen molar-refractivity contribution < 1.29 is 9.15 Å². The van der Waals surface area contributed by atoms with E-state index in [9.17, 15) is 4.79 Å². The van der Waals surface area contributed by atoms with Gasteiger partial charge in [-0.05, 0) is 19.3 Å². The molecule has 1 fully saturated rings. The van der Waals surface area contributed by atoms with Crippen LogP contribution in [0.5, 0.6) is 0 Å². The predicted molar refractivity (Wildman–Crippen MR) is 136 cm³/mol. The number of nitrogens with two attached hydrogens (primary N) is 1. The van der Waals surface area contributed by atoms with Crippen molar-refractivity contribution in [1.29, 1.82) is 0 Å². The van der Waals surface area contributed by atoms with Crippen LogP contribution in [0.15, 0.2) is 38.9 Å². The van der Waals surface area contributed by atoms with Gasteiger partial charge >= 0.3 is 5.69 Å². The molecule has 0 radical (unpaired) electrons.